The number of ether oxygens (including phenoxy) is 1. The van der Waals surface area contributed by atoms with Crippen molar-refractivity contribution in [2.45, 2.75) is 33.2 Å². The van der Waals surface area contributed by atoms with Gasteiger partial charge in [-0.2, -0.15) is 0 Å². The van der Waals surface area contributed by atoms with Gasteiger partial charge in [0.25, 0.3) is 0 Å². The summed E-state index contributed by atoms with van der Waals surface area (Å²) in [5, 5.41) is 3.23. The van der Waals surface area contributed by atoms with Gasteiger partial charge in [0, 0.05) is 12.5 Å². The lowest BCUT2D eigenvalue weighted by molar-refractivity contribution is 0.319. The van der Waals surface area contributed by atoms with Crippen LogP contribution in [0.15, 0.2) is 30.4 Å². The zero-order chi connectivity index (χ0) is 12.8. The van der Waals surface area contributed by atoms with Gasteiger partial charge in [0.05, 0.1) is 6.61 Å². The molecule has 2 heteroatoms. The molecule has 0 aliphatic carbocycles. The van der Waals surface area contributed by atoms with Gasteiger partial charge in [0.2, 0.25) is 0 Å². The quantitative estimate of drug-likeness (QED) is 0.758. The first-order valence-electron chi connectivity index (χ1n) is 6.09. The van der Waals surface area contributed by atoms with Crippen molar-refractivity contribution in [2.75, 3.05) is 13.7 Å². The highest BCUT2D eigenvalue weighted by molar-refractivity contribution is 5.37. The van der Waals surface area contributed by atoms with Crippen LogP contribution in [0.5, 0.6) is 5.75 Å². The molecule has 0 saturated carbocycles. The summed E-state index contributed by atoms with van der Waals surface area (Å²) in [5.74, 6) is 0.971. The molecule has 0 radical (unpaired) electrons. The fraction of sp³-hybridized carbons (Fsp3) is 0.467. The topological polar surface area (TPSA) is 21.3 Å². The Balaban J connectivity index is 2.66. The maximum atomic E-state index is 5.73. The van der Waals surface area contributed by atoms with Crippen LogP contribution in [-0.4, -0.2) is 13.7 Å². The number of benzene rings is 1. The molecule has 0 aromatic heterocycles. The largest absolute Gasteiger partial charge is 0.493 e. The Hall–Kier alpha value is -1.28. The Labute approximate surface area is 105 Å². The van der Waals surface area contributed by atoms with E-state index >= 15 is 0 Å². The van der Waals surface area contributed by atoms with Crippen molar-refractivity contribution in [1.82, 2.24) is 5.32 Å². The van der Waals surface area contributed by atoms with Gasteiger partial charge in [0.15, 0.2) is 0 Å². The average Bonchev–Trinajstić information content (AvgIpc) is 2.29. The van der Waals surface area contributed by atoms with Crippen molar-refractivity contribution in [1.29, 1.82) is 0 Å². The lowest BCUT2D eigenvalue weighted by Gasteiger charge is -2.14. The van der Waals surface area contributed by atoms with E-state index in [2.05, 4.69) is 43.9 Å². The highest BCUT2D eigenvalue weighted by Crippen LogP contribution is 2.22. The van der Waals surface area contributed by atoms with E-state index < -0.39 is 0 Å². The normalized spacial score (nSPS) is 12.2. The molecule has 0 aliphatic heterocycles. The first-order chi connectivity index (χ1) is 8.04. The van der Waals surface area contributed by atoms with Gasteiger partial charge in [-0.25, -0.2) is 0 Å². The van der Waals surface area contributed by atoms with Crippen LogP contribution >= 0.6 is 0 Å². The van der Waals surface area contributed by atoms with Crippen LogP contribution in [0.4, 0.5) is 0 Å². The van der Waals surface area contributed by atoms with E-state index in [-0.39, 0.29) is 0 Å². The molecule has 0 spiro atoms. The zero-order valence-corrected chi connectivity index (χ0v) is 11.3. The van der Waals surface area contributed by atoms with E-state index in [1.165, 1.54) is 11.1 Å². The third kappa shape index (κ3) is 4.23. The zero-order valence-electron chi connectivity index (χ0n) is 11.3. The average molecular weight is 233 g/mol. The van der Waals surface area contributed by atoms with Crippen molar-refractivity contribution in [3.8, 4) is 5.75 Å². The second kappa shape index (κ2) is 6.45. The van der Waals surface area contributed by atoms with Crippen LogP contribution < -0.4 is 10.1 Å². The van der Waals surface area contributed by atoms with Crippen molar-refractivity contribution in [3.63, 3.8) is 0 Å². The number of rotatable bonds is 6. The number of hydrogen-bond donors (Lipinski definition) is 1. The number of hydrogen-bond acceptors (Lipinski definition) is 2. The smallest absolute Gasteiger partial charge is 0.122 e. The summed E-state index contributed by atoms with van der Waals surface area (Å²) in [5.41, 5.74) is 3.63. The first kappa shape index (κ1) is 13.8. The molecule has 1 N–H and O–H groups in total. The molecule has 0 heterocycles. The molecule has 1 unspecified atom stereocenters. The molecule has 1 aromatic rings. The number of aryl methyl sites for hydroxylation is 1. The predicted octanol–water partition coefficient (Wildman–Crippen LogP) is 3.62. The molecule has 1 aromatic carbocycles. The molecule has 0 aliphatic rings. The molecule has 94 valence electrons. The Bertz CT molecular complexity index is 385. The summed E-state index contributed by atoms with van der Waals surface area (Å²) in [4.78, 5) is 0. The Morgan fingerprint density at radius 1 is 1.47 bits per heavy atom. The van der Waals surface area contributed by atoms with Crippen molar-refractivity contribution in [2.24, 2.45) is 0 Å². The number of nitrogens with one attached hydrogen (secondary N) is 1. The minimum Gasteiger partial charge on any atom is -0.493 e. The molecular weight excluding hydrogens is 210 g/mol. The maximum Gasteiger partial charge on any atom is 0.122 e. The molecule has 0 amide bonds. The fourth-order valence-corrected chi connectivity index (χ4v) is 1.61. The monoisotopic (exact) mass is 233 g/mol. The SMILES string of the molecule is C=C(C)CCOc1ccc(C(C)NC)cc1C. The Morgan fingerprint density at radius 2 is 2.18 bits per heavy atom. The van der Waals surface area contributed by atoms with Gasteiger partial charge in [-0.15, -0.1) is 6.58 Å². The summed E-state index contributed by atoms with van der Waals surface area (Å²) in [6, 6.07) is 6.72. The van der Waals surface area contributed by atoms with Crippen LogP contribution in [0.1, 0.15) is 37.4 Å². The van der Waals surface area contributed by atoms with Crippen LogP contribution in [0, 0.1) is 6.92 Å². The van der Waals surface area contributed by atoms with Gasteiger partial charge in [-0.1, -0.05) is 17.7 Å². The maximum absolute atomic E-state index is 5.73. The second-order valence-electron chi connectivity index (χ2n) is 4.59. The van der Waals surface area contributed by atoms with E-state index in [9.17, 15) is 0 Å². The summed E-state index contributed by atoms with van der Waals surface area (Å²) in [6.07, 6.45) is 0.911. The summed E-state index contributed by atoms with van der Waals surface area (Å²) in [7, 11) is 1.97. The van der Waals surface area contributed by atoms with Crippen molar-refractivity contribution >= 4 is 0 Å². The lowest BCUT2D eigenvalue weighted by Crippen LogP contribution is -2.12. The predicted molar refractivity (Wildman–Crippen MR) is 73.6 cm³/mol. The van der Waals surface area contributed by atoms with E-state index in [1.54, 1.807) is 0 Å². The summed E-state index contributed by atoms with van der Waals surface area (Å²) >= 11 is 0. The molecule has 1 rings (SSSR count). The van der Waals surface area contributed by atoms with Gasteiger partial charge in [-0.05, 0) is 45.0 Å². The first-order valence-corrected chi connectivity index (χ1v) is 6.09. The molecular formula is C15H23NO. The highest BCUT2D eigenvalue weighted by atomic mass is 16.5. The Morgan fingerprint density at radius 3 is 2.71 bits per heavy atom. The van der Waals surface area contributed by atoms with Crippen LogP contribution in [-0.2, 0) is 0 Å². The fourth-order valence-electron chi connectivity index (χ4n) is 1.61. The third-order valence-electron chi connectivity index (χ3n) is 2.92. The van der Waals surface area contributed by atoms with Crippen molar-refractivity contribution in [3.05, 3.63) is 41.5 Å². The lowest BCUT2D eigenvalue weighted by atomic mass is 10.1. The van der Waals surface area contributed by atoms with Gasteiger partial charge < -0.3 is 10.1 Å². The molecule has 0 saturated heterocycles. The molecule has 2 nitrogen and oxygen atoms in total. The minimum absolute atomic E-state index is 0.373. The van der Waals surface area contributed by atoms with E-state index in [1.807, 2.05) is 14.0 Å². The molecule has 1 atom stereocenters. The van der Waals surface area contributed by atoms with Gasteiger partial charge in [-0.3, -0.25) is 0 Å². The van der Waals surface area contributed by atoms with Crippen LogP contribution in [0.2, 0.25) is 0 Å². The van der Waals surface area contributed by atoms with E-state index in [4.69, 9.17) is 4.74 Å². The van der Waals surface area contributed by atoms with Gasteiger partial charge in [0.1, 0.15) is 5.75 Å². The summed E-state index contributed by atoms with van der Waals surface area (Å²) in [6.45, 7) is 10.8. The van der Waals surface area contributed by atoms with Crippen LogP contribution in [0.3, 0.4) is 0 Å². The van der Waals surface area contributed by atoms with Crippen molar-refractivity contribution < 1.29 is 4.74 Å². The molecule has 0 fully saturated rings. The van der Waals surface area contributed by atoms with Gasteiger partial charge >= 0.3 is 0 Å². The molecule has 17 heavy (non-hydrogen) atoms. The standard InChI is InChI=1S/C15H23NO/c1-11(2)8-9-17-15-7-6-14(10-12(15)3)13(4)16-5/h6-7,10,13,16H,1,8-9H2,2-5H3. The minimum atomic E-state index is 0.373. The second-order valence-corrected chi connectivity index (χ2v) is 4.59. The van der Waals surface area contributed by atoms with Crippen LogP contribution in [0.25, 0.3) is 0 Å². The van der Waals surface area contributed by atoms with E-state index in [0.29, 0.717) is 12.6 Å². The Kier molecular flexibility index (Phi) is 5.23. The molecule has 0 bridgehead atoms. The summed E-state index contributed by atoms with van der Waals surface area (Å²) < 4.78 is 5.73. The third-order valence-corrected chi connectivity index (χ3v) is 2.92. The highest BCUT2D eigenvalue weighted by Gasteiger charge is 2.05. The van der Waals surface area contributed by atoms with E-state index in [0.717, 1.165) is 17.7 Å².